The molecule has 0 aliphatic rings. The fraction of sp³-hybridized carbons (Fsp3) is 0.138. The maximum absolute atomic E-state index is 2.33. The third-order valence-corrected chi connectivity index (χ3v) is 10.7. The minimum atomic E-state index is 0.108. The first-order chi connectivity index (χ1) is 28.0. The van der Waals surface area contributed by atoms with Crippen LogP contribution < -0.4 is 0 Å². The van der Waals surface area contributed by atoms with E-state index in [9.17, 15) is 0 Å². The largest absolute Gasteiger partial charge is 0.0622 e. The van der Waals surface area contributed by atoms with Crippen molar-refractivity contribution in [3.05, 3.63) is 249 Å². The highest BCUT2D eigenvalue weighted by molar-refractivity contribution is 5.94. The van der Waals surface area contributed by atoms with Gasteiger partial charge < -0.3 is 0 Å². The van der Waals surface area contributed by atoms with Crippen molar-refractivity contribution in [2.24, 2.45) is 0 Å². The van der Waals surface area contributed by atoms with Crippen LogP contribution in [-0.4, -0.2) is 0 Å². The van der Waals surface area contributed by atoms with Crippen molar-refractivity contribution < 1.29 is 0 Å². The second kappa shape index (κ2) is 17.7. The Morgan fingerprint density at radius 1 is 0.293 bits per heavy atom. The molecule has 0 amide bonds. The first kappa shape index (κ1) is 39.7. The minimum Gasteiger partial charge on any atom is -0.0622 e. The molecule has 0 unspecified atom stereocenters. The highest BCUT2D eigenvalue weighted by Gasteiger charge is 2.16. The smallest absolute Gasteiger partial charge is 0.0105 e. The van der Waals surface area contributed by atoms with Crippen LogP contribution in [0.2, 0.25) is 0 Å². The molecule has 0 saturated carbocycles. The molecule has 0 bridgehead atoms. The maximum atomic E-state index is 2.33. The van der Waals surface area contributed by atoms with Gasteiger partial charge in [-0.2, -0.15) is 0 Å². The average molecular weight is 751 g/mol. The van der Waals surface area contributed by atoms with Gasteiger partial charge in [-0.1, -0.05) is 248 Å². The number of hydrogen-bond acceptors (Lipinski definition) is 0. The van der Waals surface area contributed by atoms with Crippen molar-refractivity contribution in [2.75, 3.05) is 0 Å². The highest BCUT2D eigenvalue weighted by atomic mass is 14.2. The van der Waals surface area contributed by atoms with Crippen LogP contribution in [0.1, 0.15) is 108 Å². The van der Waals surface area contributed by atoms with Crippen LogP contribution in [0.25, 0.3) is 47.6 Å². The van der Waals surface area contributed by atoms with Gasteiger partial charge in [-0.15, -0.1) is 0 Å². The van der Waals surface area contributed by atoms with Crippen LogP contribution in [0.5, 0.6) is 0 Å². The number of hydrogen-bond donors (Lipinski definition) is 0. The Morgan fingerprint density at radius 2 is 0.586 bits per heavy atom. The molecule has 0 saturated heterocycles. The van der Waals surface area contributed by atoms with E-state index in [1.807, 2.05) is 0 Å². The van der Waals surface area contributed by atoms with Crippen LogP contribution >= 0.6 is 0 Å². The monoisotopic (exact) mass is 750 g/mol. The lowest BCUT2D eigenvalue weighted by molar-refractivity contribution is 0.590. The zero-order valence-electron chi connectivity index (χ0n) is 34.8. The summed E-state index contributed by atoms with van der Waals surface area (Å²) < 4.78 is 0. The lowest BCUT2D eigenvalue weighted by Gasteiger charge is -2.20. The first-order valence-electron chi connectivity index (χ1n) is 20.4. The molecule has 286 valence electrons. The van der Waals surface area contributed by atoms with Gasteiger partial charge in [0.05, 0.1) is 0 Å². The molecule has 0 aromatic heterocycles. The van der Waals surface area contributed by atoms with E-state index in [4.69, 9.17) is 0 Å². The second-order valence-electron chi connectivity index (χ2n) is 17.1. The second-order valence-corrected chi connectivity index (χ2v) is 17.1. The molecule has 0 radical (unpaired) electrons. The molecule has 0 aliphatic heterocycles. The Bertz CT molecular complexity index is 2360. The van der Waals surface area contributed by atoms with Gasteiger partial charge in [0.2, 0.25) is 0 Å². The van der Waals surface area contributed by atoms with Gasteiger partial charge in [0.1, 0.15) is 0 Å². The van der Waals surface area contributed by atoms with Gasteiger partial charge in [-0.05, 0) is 101 Å². The molecule has 0 N–H and O–H groups in total. The van der Waals surface area contributed by atoms with Crippen molar-refractivity contribution in [3.63, 3.8) is 0 Å². The number of rotatable bonds is 10. The number of benzene rings is 7. The van der Waals surface area contributed by atoms with E-state index in [1.165, 1.54) is 66.8 Å². The summed E-state index contributed by atoms with van der Waals surface area (Å²) in [4.78, 5) is 0. The van der Waals surface area contributed by atoms with Crippen molar-refractivity contribution >= 4 is 47.6 Å². The quantitative estimate of drug-likeness (QED) is 0.122. The van der Waals surface area contributed by atoms with E-state index in [0.29, 0.717) is 0 Å². The van der Waals surface area contributed by atoms with Crippen molar-refractivity contribution in [1.29, 1.82) is 0 Å². The molecule has 0 nitrogen and oxygen atoms in total. The molecule has 0 spiro atoms. The van der Waals surface area contributed by atoms with Crippen molar-refractivity contribution in [2.45, 2.75) is 52.4 Å². The summed E-state index contributed by atoms with van der Waals surface area (Å²) >= 11 is 0. The van der Waals surface area contributed by atoms with Gasteiger partial charge in [-0.3, -0.25) is 0 Å². The summed E-state index contributed by atoms with van der Waals surface area (Å²) in [6.07, 6.45) is 13.5. The van der Waals surface area contributed by atoms with E-state index in [1.54, 1.807) is 0 Å². The molecule has 7 aromatic carbocycles. The molecule has 7 aromatic rings. The molecule has 0 aliphatic carbocycles. The first-order valence-corrected chi connectivity index (χ1v) is 20.4. The van der Waals surface area contributed by atoms with Crippen molar-refractivity contribution in [1.82, 2.24) is 0 Å². The van der Waals surface area contributed by atoms with Gasteiger partial charge in [0.15, 0.2) is 0 Å². The lowest BCUT2D eigenvalue weighted by Crippen LogP contribution is -2.10. The minimum absolute atomic E-state index is 0.108. The molecule has 0 heterocycles. The Balaban J connectivity index is 1.13. The highest BCUT2D eigenvalue weighted by Crippen LogP contribution is 2.32. The van der Waals surface area contributed by atoms with Crippen LogP contribution in [0.15, 0.2) is 182 Å². The van der Waals surface area contributed by atoms with Gasteiger partial charge in [0, 0.05) is 0 Å². The summed E-state index contributed by atoms with van der Waals surface area (Å²) in [6.45, 7) is 13.6. The molecular formula is C58H54. The van der Waals surface area contributed by atoms with Gasteiger partial charge in [0.25, 0.3) is 0 Å². The molecule has 0 atom stereocenters. The molecule has 0 fully saturated rings. The van der Waals surface area contributed by atoms with Crippen LogP contribution in [0.3, 0.4) is 0 Å². The van der Waals surface area contributed by atoms with E-state index in [-0.39, 0.29) is 10.8 Å². The molecule has 58 heavy (non-hydrogen) atoms. The Kier molecular flexibility index (Phi) is 12.2. The van der Waals surface area contributed by atoms with E-state index >= 15 is 0 Å². The van der Waals surface area contributed by atoms with Crippen LogP contribution in [-0.2, 0) is 10.8 Å². The fourth-order valence-corrected chi connectivity index (χ4v) is 7.19. The van der Waals surface area contributed by atoms with Gasteiger partial charge in [-0.25, -0.2) is 0 Å². The Hall–Kier alpha value is -6.50. The third kappa shape index (κ3) is 10.1. The van der Waals surface area contributed by atoms with E-state index < -0.39 is 0 Å². The third-order valence-electron chi connectivity index (χ3n) is 10.7. The van der Waals surface area contributed by atoms with Crippen molar-refractivity contribution in [3.8, 4) is 0 Å². The van der Waals surface area contributed by atoms with Gasteiger partial charge >= 0.3 is 0 Å². The summed E-state index contributed by atoms with van der Waals surface area (Å²) in [5.74, 6) is 0. The fourth-order valence-electron chi connectivity index (χ4n) is 7.19. The summed E-state index contributed by atoms with van der Waals surface area (Å²) in [5.41, 5.74) is 17.2. The SMILES string of the molecule is CC(C)(C)c1ccc(/C(=C\c2ccccc2C=Cc2ccc(C=Cc3ccccc3/C=C(/c3ccccc3)c3ccc(C(C)(C)C)cc3)cc2)c2ccccc2)cc1. The lowest BCUT2D eigenvalue weighted by atomic mass is 9.85. The normalized spacial score (nSPS) is 12.7. The average Bonchev–Trinajstić information content (AvgIpc) is 3.24. The molecule has 0 heteroatoms. The summed E-state index contributed by atoms with van der Waals surface area (Å²) in [7, 11) is 0. The topological polar surface area (TPSA) is 0 Å². The molecule has 7 rings (SSSR count). The standard InChI is InChI=1S/C58H54/c1-57(2,3)53-37-33-49(34-38-53)55(47-19-9-7-10-20-47)41-51-23-15-13-17-45(51)31-29-43-25-27-44(28-26-43)30-32-46-18-14-16-24-52(46)42-56(48-21-11-8-12-22-48)50-35-39-54(40-36-50)58(4,5)6/h7-42H,1-6H3/b31-29?,32-30?,55-41-,56-42-. The Morgan fingerprint density at radius 3 is 0.914 bits per heavy atom. The van der Waals surface area contributed by atoms with Crippen LogP contribution in [0.4, 0.5) is 0 Å². The predicted octanol–water partition coefficient (Wildman–Crippen LogP) is 15.8. The molecular weight excluding hydrogens is 697 g/mol. The Labute approximate surface area is 347 Å². The van der Waals surface area contributed by atoms with E-state index in [0.717, 1.165) is 11.1 Å². The van der Waals surface area contributed by atoms with Crippen LogP contribution in [0, 0.1) is 0 Å². The van der Waals surface area contributed by atoms with E-state index in [2.05, 4.69) is 260 Å². The summed E-state index contributed by atoms with van der Waals surface area (Å²) in [6, 6.07) is 65.6. The zero-order valence-corrected chi connectivity index (χ0v) is 34.8. The maximum Gasteiger partial charge on any atom is -0.0105 e. The predicted molar refractivity (Wildman–Crippen MR) is 254 cm³/mol. The zero-order chi connectivity index (χ0) is 40.5. The summed E-state index contributed by atoms with van der Waals surface area (Å²) in [5, 5.41) is 0.